The van der Waals surface area contributed by atoms with Gasteiger partial charge in [-0.25, -0.2) is 4.39 Å². The van der Waals surface area contributed by atoms with Crippen molar-refractivity contribution >= 4 is 5.69 Å². The van der Waals surface area contributed by atoms with Crippen LogP contribution in [0.15, 0.2) is 18.2 Å². The van der Waals surface area contributed by atoms with Crippen LogP contribution in [0.1, 0.15) is 45.6 Å². The van der Waals surface area contributed by atoms with E-state index < -0.39 is 0 Å². The Bertz CT molecular complexity index is 445. The molecule has 1 N–H and O–H groups in total. The second-order valence-electron chi connectivity index (χ2n) is 6.44. The van der Waals surface area contributed by atoms with Gasteiger partial charge in [-0.2, -0.15) is 0 Å². The number of hydrogen-bond acceptors (Lipinski definition) is 2. The zero-order valence-electron chi connectivity index (χ0n) is 13.7. The fourth-order valence-electron chi connectivity index (χ4n) is 3.30. The minimum absolute atomic E-state index is 0.0851. The van der Waals surface area contributed by atoms with E-state index in [9.17, 15) is 4.39 Å². The average Bonchev–Trinajstić information content (AvgIpc) is 2.71. The lowest BCUT2D eigenvalue weighted by atomic mass is 9.89. The summed E-state index contributed by atoms with van der Waals surface area (Å²) in [6.45, 7) is 10.3. The fourth-order valence-corrected chi connectivity index (χ4v) is 3.30. The van der Waals surface area contributed by atoms with Crippen molar-refractivity contribution in [3.8, 4) is 0 Å². The van der Waals surface area contributed by atoms with Crippen LogP contribution >= 0.6 is 0 Å². The summed E-state index contributed by atoms with van der Waals surface area (Å²) in [5, 5.41) is 3.26. The summed E-state index contributed by atoms with van der Waals surface area (Å²) in [5.41, 5.74) is 1.91. The van der Waals surface area contributed by atoms with Crippen molar-refractivity contribution in [1.29, 1.82) is 0 Å². The minimum atomic E-state index is -0.0851. The van der Waals surface area contributed by atoms with Crippen LogP contribution in [0.3, 0.4) is 0 Å². The van der Waals surface area contributed by atoms with Crippen molar-refractivity contribution in [2.24, 2.45) is 11.8 Å². The third kappa shape index (κ3) is 4.19. The Balaban J connectivity index is 2.15. The Morgan fingerprint density at radius 1 is 1.29 bits per heavy atom. The summed E-state index contributed by atoms with van der Waals surface area (Å²) in [6.07, 6.45) is 3.72. The van der Waals surface area contributed by atoms with Crippen molar-refractivity contribution in [2.45, 2.75) is 46.6 Å². The maximum atomic E-state index is 14.2. The van der Waals surface area contributed by atoms with Gasteiger partial charge in [-0.15, -0.1) is 0 Å². The molecule has 1 aromatic carbocycles. The summed E-state index contributed by atoms with van der Waals surface area (Å²) >= 11 is 0. The number of nitrogens with one attached hydrogen (secondary N) is 1. The highest BCUT2D eigenvalue weighted by molar-refractivity contribution is 5.54. The van der Waals surface area contributed by atoms with Crippen LogP contribution in [0.25, 0.3) is 0 Å². The van der Waals surface area contributed by atoms with Gasteiger partial charge in [0.1, 0.15) is 5.82 Å². The van der Waals surface area contributed by atoms with Crippen LogP contribution < -0.4 is 10.2 Å². The van der Waals surface area contributed by atoms with E-state index in [1.165, 1.54) is 19.3 Å². The van der Waals surface area contributed by atoms with Gasteiger partial charge >= 0.3 is 0 Å². The molecule has 2 nitrogen and oxygen atoms in total. The van der Waals surface area contributed by atoms with Gasteiger partial charge in [0.05, 0.1) is 0 Å². The number of hydrogen-bond donors (Lipinski definition) is 1. The Kier molecular flexibility index (Phi) is 6.04. The minimum Gasteiger partial charge on any atom is -0.371 e. The van der Waals surface area contributed by atoms with Crippen LogP contribution in [0.2, 0.25) is 0 Å². The molecule has 0 aliphatic carbocycles. The SMILES string of the molecule is CCNCc1c(F)cccc1N1CCCC(C(C)C)CC1. The van der Waals surface area contributed by atoms with Gasteiger partial charge in [0.2, 0.25) is 0 Å². The highest BCUT2D eigenvalue weighted by Crippen LogP contribution is 2.30. The van der Waals surface area contributed by atoms with E-state index in [2.05, 4.69) is 37.1 Å². The quantitative estimate of drug-likeness (QED) is 0.875. The highest BCUT2D eigenvalue weighted by Gasteiger charge is 2.21. The molecule has 1 aliphatic rings. The molecular formula is C18H29FN2. The lowest BCUT2D eigenvalue weighted by Gasteiger charge is -2.26. The van der Waals surface area contributed by atoms with E-state index in [4.69, 9.17) is 0 Å². The summed E-state index contributed by atoms with van der Waals surface area (Å²) in [4.78, 5) is 2.39. The number of nitrogens with zero attached hydrogens (tertiary/aromatic N) is 1. The predicted octanol–water partition coefficient (Wildman–Crippen LogP) is 4.20. The zero-order valence-corrected chi connectivity index (χ0v) is 13.7. The van der Waals surface area contributed by atoms with Gasteiger partial charge in [0.15, 0.2) is 0 Å². The molecule has 1 unspecified atom stereocenters. The molecule has 118 valence electrons. The lowest BCUT2D eigenvalue weighted by Crippen LogP contribution is -2.27. The molecule has 0 spiro atoms. The molecule has 2 rings (SSSR count). The summed E-state index contributed by atoms with van der Waals surface area (Å²) in [7, 11) is 0. The van der Waals surface area contributed by atoms with Gasteiger partial charge in [-0.3, -0.25) is 0 Å². The van der Waals surface area contributed by atoms with E-state index in [-0.39, 0.29) is 5.82 Å². The average molecular weight is 292 g/mol. The molecular weight excluding hydrogens is 263 g/mol. The van der Waals surface area contributed by atoms with Crippen molar-refractivity contribution in [1.82, 2.24) is 5.32 Å². The van der Waals surface area contributed by atoms with E-state index in [1.807, 2.05) is 6.07 Å². The molecule has 1 aromatic rings. The predicted molar refractivity (Wildman–Crippen MR) is 88.2 cm³/mol. The molecule has 1 saturated heterocycles. The van der Waals surface area contributed by atoms with Gasteiger partial charge in [0, 0.05) is 30.9 Å². The van der Waals surface area contributed by atoms with Gasteiger partial charge in [0.25, 0.3) is 0 Å². The second-order valence-corrected chi connectivity index (χ2v) is 6.44. The molecule has 1 aliphatic heterocycles. The monoisotopic (exact) mass is 292 g/mol. The third-order valence-corrected chi connectivity index (χ3v) is 4.70. The first-order valence-corrected chi connectivity index (χ1v) is 8.36. The van der Waals surface area contributed by atoms with Crippen LogP contribution in [-0.4, -0.2) is 19.6 Å². The largest absolute Gasteiger partial charge is 0.371 e. The first-order chi connectivity index (χ1) is 10.1. The van der Waals surface area contributed by atoms with E-state index >= 15 is 0 Å². The first-order valence-electron chi connectivity index (χ1n) is 8.36. The topological polar surface area (TPSA) is 15.3 Å². The number of halogens is 1. The highest BCUT2D eigenvalue weighted by atomic mass is 19.1. The van der Waals surface area contributed by atoms with Crippen LogP contribution in [0, 0.1) is 17.7 Å². The fraction of sp³-hybridized carbons (Fsp3) is 0.667. The van der Waals surface area contributed by atoms with E-state index in [0.717, 1.165) is 42.7 Å². The van der Waals surface area contributed by atoms with Gasteiger partial charge in [-0.05, 0) is 49.8 Å². The van der Waals surface area contributed by atoms with Gasteiger partial charge < -0.3 is 10.2 Å². The lowest BCUT2D eigenvalue weighted by molar-refractivity contribution is 0.351. The molecule has 0 bridgehead atoms. The number of anilines is 1. The molecule has 1 atom stereocenters. The van der Waals surface area contributed by atoms with E-state index in [0.29, 0.717) is 6.54 Å². The van der Waals surface area contributed by atoms with E-state index in [1.54, 1.807) is 6.07 Å². The second kappa shape index (κ2) is 7.79. The third-order valence-electron chi connectivity index (χ3n) is 4.70. The van der Waals surface area contributed by atoms with Crippen LogP contribution in [0.4, 0.5) is 10.1 Å². The number of rotatable bonds is 5. The van der Waals surface area contributed by atoms with Crippen molar-refractivity contribution in [3.63, 3.8) is 0 Å². The Hall–Kier alpha value is -1.09. The van der Waals surface area contributed by atoms with Crippen molar-refractivity contribution in [3.05, 3.63) is 29.6 Å². The Morgan fingerprint density at radius 3 is 2.81 bits per heavy atom. The first kappa shape index (κ1) is 16.3. The molecule has 0 aromatic heterocycles. The molecule has 3 heteroatoms. The smallest absolute Gasteiger partial charge is 0.129 e. The standard InChI is InChI=1S/C18H29FN2/c1-4-20-13-16-17(19)8-5-9-18(16)21-11-6-7-15(10-12-21)14(2)3/h5,8-9,14-15,20H,4,6-7,10-13H2,1-3H3. The summed E-state index contributed by atoms with van der Waals surface area (Å²) < 4.78 is 14.2. The maximum absolute atomic E-state index is 14.2. The molecule has 0 saturated carbocycles. The molecule has 21 heavy (non-hydrogen) atoms. The molecule has 0 amide bonds. The molecule has 1 heterocycles. The van der Waals surface area contributed by atoms with Crippen LogP contribution in [0.5, 0.6) is 0 Å². The summed E-state index contributed by atoms with van der Waals surface area (Å²) in [5.74, 6) is 1.47. The Labute approximate surface area is 128 Å². The maximum Gasteiger partial charge on any atom is 0.129 e. The van der Waals surface area contributed by atoms with Gasteiger partial charge in [-0.1, -0.05) is 26.8 Å². The zero-order chi connectivity index (χ0) is 15.2. The van der Waals surface area contributed by atoms with Crippen molar-refractivity contribution in [2.75, 3.05) is 24.5 Å². The normalized spacial score (nSPS) is 19.9. The Morgan fingerprint density at radius 2 is 2.10 bits per heavy atom. The number of benzene rings is 1. The van der Waals surface area contributed by atoms with Crippen LogP contribution in [-0.2, 0) is 6.54 Å². The molecule has 0 radical (unpaired) electrons. The molecule has 1 fully saturated rings. The van der Waals surface area contributed by atoms with Crippen molar-refractivity contribution < 1.29 is 4.39 Å². The summed E-state index contributed by atoms with van der Waals surface area (Å²) in [6, 6.07) is 5.49.